The molecule has 4 nitrogen and oxygen atoms in total. The predicted molar refractivity (Wildman–Crippen MR) is 95.1 cm³/mol. The van der Waals surface area contributed by atoms with Crippen LogP contribution in [0.2, 0.25) is 5.02 Å². The van der Waals surface area contributed by atoms with E-state index < -0.39 is 0 Å². The summed E-state index contributed by atoms with van der Waals surface area (Å²) in [5.41, 5.74) is 1.57. The van der Waals surface area contributed by atoms with Gasteiger partial charge in [0.1, 0.15) is 5.52 Å². The summed E-state index contributed by atoms with van der Waals surface area (Å²) in [5.74, 6) is 2.58. The minimum atomic E-state index is 0.208. The van der Waals surface area contributed by atoms with Crippen LogP contribution in [-0.2, 0) is 4.79 Å². The average Bonchev–Trinajstić information content (AvgIpc) is 2.98. The molecule has 0 atom stereocenters. The van der Waals surface area contributed by atoms with Crippen molar-refractivity contribution in [1.29, 1.82) is 0 Å². The van der Waals surface area contributed by atoms with Crippen LogP contribution in [0.5, 0.6) is 0 Å². The van der Waals surface area contributed by atoms with Gasteiger partial charge in [0, 0.05) is 29.8 Å². The Hall–Kier alpha value is -1.46. The second-order valence-corrected chi connectivity index (χ2v) is 7.09. The number of aromatic nitrogens is 1. The van der Waals surface area contributed by atoms with Gasteiger partial charge in [0.2, 0.25) is 5.91 Å². The van der Waals surface area contributed by atoms with Gasteiger partial charge in [0.15, 0.2) is 11.5 Å². The van der Waals surface area contributed by atoms with Gasteiger partial charge < -0.3 is 9.32 Å². The lowest BCUT2D eigenvalue weighted by molar-refractivity contribution is -0.129. The smallest absolute Gasteiger partial charge is 0.232 e. The highest BCUT2D eigenvalue weighted by atomic mass is 35.5. The summed E-state index contributed by atoms with van der Waals surface area (Å²) >= 11 is 7.59. The second kappa shape index (κ2) is 7.41. The van der Waals surface area contributed by atoms with Crippen LogP contribution in [0.4, 0.5) is 0 Å². The molecule has 0 radical (unpaired) electrons. The second-order valence-electron chi connectivity index (χ2n) is 5.62. The standard InChI is InChI=1S/C17H19ClN2O2S/c1-2-9-23-11-16(21)20-7-5-12(6-8-20)17-19-14-10-13(18)3-4-15(14)22-17/h2-4,10,12H,1,5-9,11H2. The average molecular weight is 351 g/mol. The molecule has 0 N–H and O–H groups in total. The van der Waals surface area contributed by atoms with Crippen molar-refractivity contribution in [3.63, 3.8) is 0 Å². The summed E-state index contributed by atoms with van der Waals surface area (Å²) in [6, 6.07) is 5.48. The first kappa shape index (κ1) is 16.4. The van der Waals surface area contributed by atoms with Gasteiger partial charge in [-0.15, -0.1) is 18.3 Å². The van der Waals surface area contributed by atoms with Crippen LogP contribution < -0.4 is 0 Å². The molecule has 1 aliphatic heterocycles. The van der Waals surface area contributed by atoms with Crippen molar-refractivity contribution in [2.75, 3.05) is 24.6 Å². The molecule has 0 bridgehead atoms. The number of hydrogen-bond acceptors (Lipinski definition) is 4. The quantitative estimate of drug-likeness (QED) is 0.601. The lowest BCUT2D eigenvalue weighted by atomic mass is 9.97. The van der Waals surface area contributed by atoms with E-state index in [1.165, 1.54) is 0 Å². The lowest BCUT2D eigenvalue weighted by Crippen LogP contribution is -2.39. The Bertz CT molecular complexity index is 708. The maximum atomic E-state index is 12.1. The largest absolute Gasteiger partial charge is 0.440 e. The Morgan fingerprint density at radius 2 is 2.26 bits per heavy atom. The zero-order valence-electron chi connectivity index (χ0n) is 12.8. The van der Waals surface area contributed by atoms with Gasteiger partial charge in [0.05, 0.1) is 5.75 Å². The SMILES string of the molecule is C=CCSCC(=O)N1CCC(c2nc3cc(Cl)ccc3o2)CC1. The van der Waals surface area contributed by atoms with E-state index in [2.05, 4.69) is 11.6 Å². The number of oxazole rings is 1. The summed E-state index contributed by atoms with van der Waals surface area (Å²) in [5, 5.41) is 0.662. The highest BCUT2D eigenvalue weighted by molar-refractivity contribution is 8.00. The summed E-state index contributed by atoms with van der Waals surface area (Å²) in [6.07, 6.45) is 3.60. The molecule has 1 amide bonds. The van der Waals surface area contributed by atoms with E-state index in [-0.39, 0.29) is 11.8 Å². The number of amides is 1. The molecular weight excluding hydrogens is 332 g/mol. The highest BCUT2D eigenvalue weighted by Crippen LogP contribution is 2.31. The van der Waals surface area contributed by atoms with E-state index in [9.17, 15) is 4.79 Å². The Labute approximate surface area is 144 Å². The first-order valence-electron chi connectivity index (χ1n) is 7.70. The maximum absolute atomic E-state index is 12.1. The molecule has 0 unspecified atom stereocenters. The third-order valence-corrected chi connectivity index (χ3v) is 5.18. The molecule has 122 valence electrons. The molecule has 6 heteroatoms. The van der Waals surface area contributed by atoms with Crippen LogP contribution in [0, 0.1) is 0 Å². The van der Waals surface area contributed by atoms with E-state index >= 15 is 0 Å². The van der Waals surface area contributed by atoms with Crippen molar-refractivity contribution in [2.24, 2.45) is 0 Å². The number of hydrogen-bond donors (Lipinski definition) is 0. The minimum absolute atomic E-state index is 0.208. The third kappa shape index (κ3) is 3.90. The van der Waals surface area contributed by atoms with Gasteiger partial charge in [-0.25, -0.2) is 4.98 Å². The van der Waals surface area contributed by atoms with Crippen molar-refractivity contribution < 1.29 is 9.21 Å². The van der Waals surface area contributed by atoms with Crippen molar-refractivity contribution in [2.45, 2.75) is 18.8 Å². The molecule has 1 fully saturated rings. The number of nitrogens with zero attached hydrogens (tertiary/aromatic N) is 2. The number of likely N-dealkylation sites (tertiary alicyclic amines) is 1. The Morgan fingerprint density at radius 3 is 3.00 bits per heavy atom. The van der Waals surface area contributed by atoms with E-state index in [1.807, 2.05) is 23.1 Å². The van der Waals surface area contributed by atoms with Crippen LogP contribution in [0.25, 0.3) is 11.1 Å². The van der Waals surface area contributed by atoms with E-state index in [0.29, 0.717) is 10.8 Å². The number of carbonyl (C=O) groups is 1. The van der Waals surface area contributed by atoms with Crippen LogP contribution in [0.15, 0.2) is 35.3 Å². The molecule has 2 aromatic rings. The van der Waals surface area contributed by atoms with Crippen LogP contribution >= 0.6 is 23.4 Å². The molecule has 0 aliphatic carbocycles. The molecule has 2 heterocycles. The normalized spacial score (nSPS) is 16.0. The van der Waals surface area contributed by atoms with Crippen molar-refractivity contribution in [3.05, 3.63) is 41.8 Å². The highest BCUT2D eigenvalue weighted by Gasteiger charge is 2.26. The summed E-state index contributed by atoms with van der Waals surface area (Å²) in [6.45, 7) is 5.19. The molecule has 3 rings (SSSR count). The lowest BCUT2D eigenvalue weighted by Gasteiger charge is -2.30. The van der Waals surface area contributed by atoms with E-state index in [0.717, 1.165) is 48.7 Å². The molecule has 23 heavy (non-hydrogen) atoms. The number of piperidine rings is 1. The minimum Gasteiger partial charge on any atom is -0.440 e. The molecule has 1 aromatic heterocycles. The van der Waals surface area contributed by atoms with Gasteiger partial charge in [-0.05, 0) is 31.0 Å². The molecule has 1 saturated heterocycles. The molecular formula is C17H19ClN2O2S. The Balaban J connectivity index is 1.59. The molecule has 0 spiro atoms. The fourth-order valence-corrected chi connectivity index (χ4v) is 3.60. The number of thioether (sulfide) groups is 1. The van der Waals surface area contributed by atoms with Gasteiger partial charge in [-0.2, -0.15) is 0 Å². The number of fused-ring (bicyclic) bond motifs is 1. The van der Waals surface area contributed by atoms with Crippen LogP contribution in [-0.4, -0.2) is 40.4 Å². The predicted octanol–water partition coefficient (Wildman–Crippen LogP) is 4.11. The molecule has 0 saturated carbocycles. The van der Waals surface area contributed by atoms with Gasteiger partial charge in [-0.1, -0.05) is 17.7 Å². The maximum Gasteiger partial charge on any atom is 0.232 e. The van der Waals surface area contributed by atoms with Crippen LogP contribution in [0.3, 0.4) is 0 Å². The van der Waals surface area contributed by atoms with E-state index in [1.54, 1.807) is 17.8 Å². The Morgan fingerprint density at radius 1 is 1.48 bits per heavy atom. The van der Waals surface area contributed by atoms with E-state index in [4.69, 9.17) is 16.0 Å². The third-order valence-electron chi connectivity index (χ3n) is 4.02. The topological polar surface area (TPSA) is 46.3 Å². The van der Waals surface area contributed by atoms with Gasteiger partial charge >= 0.3 is 0 Å². The number of benzene rings is 1. The fraction of sp³-hybridized carbons (Fsp3) is 0.412. The Kier molecular flexibility index (Phi) is 5.28. The van der Waals surface area contributed by atoms with Crippen LogP contribution in [0.1, 0.15) is 24.7 Å². The van der Waals surface area contributed by atoms with Crippen molar-refractivity contribution in [1.82, 2.24) is 9.88 Å². The summed E-state index contributed by atoms with van der Waals surface area (Å²) in [4.78, 5) is 18.6. The molecule has 1 aromatic carbocycles. The molecule has 1 aliphatic rings. The zero-order chi connectivity index (χ0) is 16.2. The first-order valence-corrected chi connectivity index (χ1v) is 9.23. The van der Waals surface area contributed by atoms with Crippen molar-refractivity contribution in [3.8, 4) is 0 Å². The zero-order valence-corrected chi connectivity index (χ0v) is 14.4. The van der Waals surface area contributed by atoms with Crippen molar-refractivity contribution >= 4 is 40.4 Å². The fourth-order valence-electron chi connectivity index (χ4n) is 2.79. The monoisotopic (exact) mass is 350 g/mol. The summed E-state index contributed by atoms with van der Waals surface area (Å²) < 4.78 is 5.85. The number of rotatable bonds is 5. The number of halogens is 1. The first-order chi connectivity index (χ1) is 11.2. The van der Waals surface area contributed by atoms with Gasteiger partial charge in [-0.3, -0.25) is 4.79 Å². The summed E-state index contributed by atoms with van der Waals surface area (Å²) in [7, 11) is 0. The number of carbonyl (C=O) groups excluding carboxylic acids is 1. The van der Waals surface area contributed by atoms with Gasteiger partial charge in [0.25, 0.3) is 0 Å².